The van der Waals surface area contributed by atoms with Crippen LogP contribution < -0.4 is 5.73 Å². The van der Waals surface area contributed by atoms with Crippen LogP contribution in [0.2, 0.25) is 0 Å². The Kier molecular flexibility index (Phi) is 2.55. The van der Waals surface area contributed by atoms with Gasteiger partial charge in [0, 0.05) is 23.7 Å². The minimum absolute atomic E-state index is 0.381. The van der Waals surface area contributed by atoms with Crippen LogP contribution in [0.15, 0.2) is 23.7 Å². The number of aromatic nitrogens is 2. The highest BCUT2D eigenvalue weighted by Crippen LogP contribution is 2.25. The first-order valence-electron chi connectivity index (χ1n) is 4.63. The van der Waals surface area contributed by atoms with Crippen LogP contribution in [0.4, 0.5) is 0 Å². The molecular weight excluding hydrogens is 210 g/mol. The number of thiophene rings is 1. The summed E-state index contributed by atoms with van der Waals surface area (Å²) in [7, 11) is 0. The smallest absolute Gasteiger partial charge is 0.258 e. The first kappa shape index (κ1) is 9.92. The van der Waals surface area contributed by atoms with E-state index in [9.17, 15) is 4.79 Å². The third-order valence-electron chi connectivity index (χ3n) is 2.15. The Balaban J connectivity index is 2.41. The van der Waals surface area contributed by atoms with Gasteiger partial charge in [-0.05, 0) is 19.1 Å². The summed E-state index contributed by atoms with van der Waals surface area (Å²) in [5, 5.41) is 6.09. The fourth-order valence-electron chi connectivity index (χ4n) is 1.43. The number of amides is 1. The van der Waals surface area contributed by atoms with Gasteiger partial charge in [-0.1, -0.05) is 0 Å². The molecule has 0 aromatic carbocycles. The van der Waals surface area contributed by atoms with E-state index in [-0.39, 0.29) is 5.91 Å². The predicted octanol–water partition coefficient (Wildman–Crippen LogP) is 1.73. The van der Waals surface area contributed by atoms with Gasteiger partial charge < -0.3 is 5.73 Å². The quantitative estimate of drug-likeness (QED) is 0.858. The maximum Gasteiger partial charge on any atom is 0.258 e. The number of nitrogens with two attached hydrogens (primary N) is 1. The van der Waals surface area contributed by atoms with Gasteiger partial charge in [0.1, 0.15) is 0 Å². The lowest BCUT2D eigenvalue weighted by molar-refractivity contribution is 0.100. The van der Waals surface area contributed by atoms with Crippen molar-refractivity contribution in [1.29, 1.82) is 0 Å². The molecule has 0 saturated heterocycles. The molecule has 0 spiro atoms. The molecule has 0 aliphatic rings. The third-order valence-corrected chi connectivity index (χ3v) is 3.10. The minimum Gasteiger partial charge on any atom is -0.365 e. The van der Waals surface area contributed by atoms with Crippen LogP contribution in [0.5, 0.6) is 0 Å². The van der Waals surface area contributed by atoms with E-state index in [0.29, 0.717) is 4.88 Å². The fraction of sp³-hybridized carbons (Fsp3) is 0.200. The van der Waals surface area contributed by atoms with Crippen molar-refractivity contribution in [3.63, 3.8) is 0 Å². The summed E-state index contributed by atoms with van der Waals surface area (Å²) in [6.45, 7) is 2.84. The number of rotatable bonds is 3. The molecule has 78 valence electrons. The SMILES string of the molecule is CCn1nccc1-c1csc(C(N)=O)c1. The average Bonchev–Trinajstić information content (AvgIpc) is 2.85. The Morgan fingerprint density at radius 3 is 3.07 bits per heavy atom. The Morgan fingerprint density at radius 1 is 1.67 bits per heavy atom. The molecule has 2 N–H and O–H groups in total. The second-order valence-electron chi connectivity index (χ2n) is 3.10. The highest BCUT2D eigenvalue weighted by atomic mass is 32.1. The summed E-state index contributed by atoms with van der Waals surface area (Å²) in [6, 6.07) is 3.73. The number of carbonyl (C=O) groups excluding carboxylic acids is 1. The van der Waals surface area contributed by atoms with Gasteiger partial charge in [0.05, 0.1) is 10.6 Å². The van der Waals surface area contributed by atoms with E-state index >= 15 is 0 Å². The second kappa shape index (κ2) is 3.86. The minimum atomic E-state index is -0.381. The first-order chi connectivity index (χ1) is 7.22. The van der Waals surface area contributed by atoms with Crippen molar-refractivity contribution in [1.82, 2.24) is 9.78 Å². The molecule has 0 radical (unpaired) electrons. The van der Waals surface area contributed by atoms with Gasteiger partial charge in [0.2, 0.25) is 0 Å². The van der Waals surface area contributed by atoms with Gasteiger partial charge in [-0.25, -0.2) is 0 Å². The molecule has 0 atom stereocenters. The monoisotopic (exact) mass is 221 g/mol. The molecule has 0 aliphatic heterocycles. The van der Waals surface area contributed by atoms with Crippen molar-refractivity contribution in [2.24, 2.45) is 5.73 Å². The average molecular weight is 221 g/mol. The zero-order valence-electron chi connectivity index (χ0n) is 8.30. The molecule has 0 fully saturated rings. The number of hydrogen-bond acceptors (Lipinski definition) is 3. The van der Waals surface area contributed by atoms with Crippen LogP contribution in [0.3, 0.4) is 0 Å². The normalized spacial score (nSPS) is 10.5. The highest BCUT2D eigenvalue weighted by molar-refractivity contribution is 7.12. The van der Waals surface area contributed by atoms with Gasteiger partial charge in [0.25, 0.3) is 5.91 Å². The Hall–Kier alpha value is -1.62. The molecule has 15 heavy (non-hydrogen) atoms. The van der Waals surface area contributed by atoms with Gasteiger partial charge in [0.15, 0.2) is 0 Å². The molecule has 2 aromatic heterocycles. The lowest BCUT2D eigenvalue weighted by Gasteiger charge is -2.00. The Labute approximate surface area is 91.3 Å². The number of hydrogen-bond donors (Lipinski definition) is 1. The highest BCUT2D eigenvalue weighted by Gasteiger charge is 2.09. The maximum atomic E-state index is 10.9. The van der Waals surface area contributed by atoms with Crippen LogP contribution in [0.25, 0.3) is 11.3 Å². The van der Waals surface area contributed by atoms with E-state index < -0.39 is 0 Å². The van der Waals surface area contributed by atoms with E-state index in [2.05, 4.69) is 5.10 Å². The van der Waals surface area contributed by atoms with Crippen molar-refractivity contribution in [2.75, 3.05) is 0 Å². The van der Waals surface area contributed by atoms with E-state index in [1.807, 2.05) is 23.1 Å². The summed E-state index contributed by atoms with van der Waals surface area (Å²) in [4.78, 5) is 11.5. The zero-order valence-corrected chi connectivity index (χ0v) is 9.12. The summed E-state index contributed by atoms with van der Waals surface area (Å²) in [6.07, 6.45) is 1.75. The standard InChI is InChI=1S/C10H11N3OS/c1-2-13-8(3-4-12-13)7-5-9(10(11)14)15-6-7/h3-6H,2H2,1H3,(H2,11,14). The zero-order chi connectivity index (χ0) is 10.8. The van der Waals surface area contributed by atoms with E-state index in [1.54, 1.807) is 12.3 Å². The van der Waals surface area contributed by atoms with Crippen molar-refractivity contribution in [2.45, 2.75) is 13.5 Å². The first-order valence-corrected chi connectivity index (χ1v) is 5.51. The molecule has 1 amide bonds. The summed E-state index contributed by atoms with van der Waals surface area (Å²) >= 11 is 1.36. The van der Waals surface area contributed by atoms with Gasteiger partial charge in [-0.3, -0.25) is 9.48 Å². The lowest BCUT2D eigenvalue weighted by atomic mass is 10.2. The molecule has 2 rings (SSSR count). The van der Waals surface area contributed by atoms with Crippen molar-refractivity contribution in [3.05, 3.63) is 28.6 Å². The number of primary amides is 1. The predicted molar refractivity (Wildman–Crippen MR) is 59.7 cm³/mol. The third kappa shape index (κ3) is 1.78. The lowest BCUT2D eigenvalue weighted by Crippen LogP contribution is -2.08. The molecule has 0 saturated carbocycles. The van der Waals surface area contributed by atoms with Crippen molar-refractivity contribution in [3.8, 4) is 11.3 Å². The van der Waals surface area contributed by atoms with Crippen LogP contribution >= 0.6 is 11.3 Å². The Morgan fingerprint density at radius 2 is 2.47 bits per heavy atom. The number of nitrogens with zero attached hydrogens (tertiary/aromatic N) is 2. The molecule has 4 nitrogen and oxygen atoms in total. The number of aryl methyl sites for hydroxylation is 1. The molecule has 0 unspecified atom stereocenters. The van der Waals surface area contributed by atoms with Crippen LogP contribution in [0, 0.1) is 0 Å². The number of carbonyl (C=O) groups is 1. The summed E-state index contributed by atoms with van der Waals surface area (Å²) in [5.74, 6) is -0.381. The summed E-state index contributed by atoms with van der Waals surface area (Å²) in [5.41, 5.74) is 7.21. The van der Waals surface area contributed by atoms with Gasteiger partial charge >= 0.3 is 0 Å². The van der Waals surface area contributed by atoms with E-state index in [0.717, 1.165) is 17.8 Å². The van der Waals surface area contributed by atoms with E-state index in [1.165, 1.54) is 11.3 Å². The molecule has 0 aliphatic carbocycles. The van der Waals surface area contributed by atoms with Crippen LogP contribution in [0.1, 0.15) is 16.6 Å². The van der Waals surface area contributed by atoms with Gasteiger partial charge in [-0.15, -0.1) is 11.3 Å². The van der Waals surface area contributed by atoms with E-state index in [4.69, 9.17) is 5.73 Å². The maximum absolute atomic E-state index is 10.9. The molecule has 2 aromatic rings. The summed E-state index contributed by atoms with van der Waals surface area (Å²) < 4.78 is 1.88. The molecular formula is C10H11N3OS. The Bertz CT molecular complexity index is 486. The largest absolute Gasteiger partial charge is 0.365 e. The fourth-order valence-corrected chi connectivity index (χ4v) is 2.18. The second-order valence-corrected chi connectivity index (χ2v) is 4.01. The van der Waals surface area contributed by atoms with Gasteiger partial charge in [-0.2, -0.15) is 5.10 Å². The van der Waals surface area contributed by atoms with Crippen molar-refractivity contribution >= 4 is 17.2 Å². The molecule has 5 heteroatoms. The molecule has 2 heterocycles. The molecule has 0 bridgehead atoms. The topological polar surface area (TPSA) is 60.9 Å². The van der Waals surface area contributed by atoms with Crippen LogP contribution in [-0.4, -0.2) is 15.7 Å². The van der Waals surface area contributed by atoms with Crippen LogP contribution in [-0.2, 0) is 6.54 Å². The van der Waals surface area contributed by atoms with Crippen molar-refractivity contribution < 1.29 is 4.79 Å².